The van der Waals surface area contributed by atoms with Gasteiger partial charge in [0.05, 0.1) is 13.2 Å². The van der Waals surface area contributed by atoms with E-state index in [1.54, 1.807) is 13.2 Å². The summed E-state index contributed by atoms with van der Waals surface area (Å²) in [5.74, 6) is 2.50. The Morgan fingerprint density at radius 3 is 2.95 bits per heavy atom. The second-order valence-electron chi connectivity index (χ2n) is 4.05. The first-order chi connectivity index (χ1) is 9.29. The maximum absolute atomic E-state index is 13.7. The van der Waals surface area contributed by atoms with Gasteiger partial charge in [0.1, 0.15) is 0 Å². The van der Waals surface area contributed by atoms with Crippen LogP contribution in [0.1, 0.15) is 18.4 Å². The zero-order chi connectivity index (χ0) is 13.9. The highest BCUT2D eigenvalue weighted by Crippen LogP contribution is 2.22. The molecule has 1 aromatic rings. The van der Waals surface area contributed by atoms with E-state index in [1.165, 1.54) is 6.07 Å². The quantitative estimate of drug-likeness (QED) is 0.549. The Balaban J connectivity index is 2.54. The highest BCUT2D eigenvalue weighted by Gasteiger charge is 2.09. The normalized spacial score (nSPS) is 10.2. The van der Waals surface area contributed by atoms with Gasteiger partial charge in [-0.2, -0.15) is 0 Å². The van der Waals surface area contributed by atoms with Crippen molar-refractivity contribution in [2.75, 3.05) is 26.9 Å². The van der Waals surface area contributed by atoms with Crippen LogP contribution in [0, 0.1) is 18.2 Å². The summed E-state index contributed by atoms with van der Waals surface area (Å²) in [4.78, 5) is 0. The largest absolute Gasteiger partial charge is 0.490 e. The molecule has 1 rings (SSSR count). The van der Waals surface area contributed by atoms with E-state index in [4.69, 9.17) is 15.9 Å². The van der Waals surface area contributed by atoms with Crippen LogP contribution >= 0.6 is 0 Å². The Kier molecular flexibility index (Phi) is 7.64. The van der Waals surface area contributed by atoms with Crippen molar-refractivity contribution in [2.24, 2.45) is 0 Å². The van der Waals surface area contributed by atoms with Gasteiger partial charge >= 0.3 is 0 Å². The van der Waals surface area contributed by atoms with Crippen molar-refractivity contribution < 1.29 is 13.9 Å². The topological polar surface area (TPSA) is 30.5 Å². The molecule has 0 radical (unpaired) electrons. The van der Waals surface area contributed by atoms with Crippen LogP contribution in [0.4, 0.5) is 4.39 Å². The Morgan fingerprint density at radius 2 is 2.21 bits per heavy atom. The molecular formula is C15H20FNO2. The van der Waals surface area contributed by atoms with Crippen LogP contribution < -0.4 is 10.1 Å². The number of methoxy groups -OCH3 is 1. The summed E-state index contributed by atoms with van der Waals surface area (Å²) in [7, 11) is 1.64. The molecule has 0 aromatic heterocycles. The predicted octanol–water partition coefficient (Wildman–Crippen LogP) is 2.35. The molecule has 0 heterocycles. The van der Waals surface area contributed by atoms with Crippen LogP contribution in [-0.4, -0.2) is 26.9 Å². The molecule has 0 atom stereocenters. The third-order valence-corrected chi connectivity index (χ3v) is 2.56. The number of nitrogens with one attached hydrogen (secondary N) is 1. The van der Waals surface area contributed by atoms with E-state index in [1.807, 2.05) is 6.07 Å². The van der Waals surface area contributed by atoms with Crippen molar-refractivity contribution in [3.05, 3.63) is 29.6 Å². The van der Waals surface area contributed by atoms with E-state index in [0.29, 0.717) is 38.5 Å². The maximum atomic E-state index is 13.7. The van der Waals surface area contributed by atoms with E-state index in [-0.39, 0.29) is 5.82 Å². The number of hydrogen-bond donors (Lipinski definition) is 1. The third kappa shape index (κ3) is 5.73. The minimum absolute atomic E-state index is 0.310. The standard InChI is InChI=1S/C15H20FNO2/c1-3-4-5-10-19-15-13(7-6-8-14(15)16)12-17-9-11-18-2/h1,6-8,17H,4-5,9-12H2,2H3. The van der Waals surface area contributed by atoms with Crippen LogP contribution in [0.2, 0.25) is 0 Å². The van der Waals surface area contributed by atoms with Crippen LogP contribution in [0.15, 0.2) is 18.2 Å². The molecule has 0 amide bonds. The van der Waals surface area contributed by atoms with E-state index in [0.717, 1.165) is 12.0 Å². The average Bonchev–Trinajstić information content (AvgIpc) is 2.42. The minimum atomic E-state index is -0.341. The van der Waals surface area contributed by atoms with Crippen molar-refractivity contribution in [1.82, 2.24) is 5.32 Å². The molecule has 0 aliphatic rings. The Labute approximate surface area is 114 Å². The molecule has 4 heteroatoms. The zero-order valence-electron chi connectivity index (χ0n) is 11.2. The number of rotatable bonds is 9. The van der Waals surface area contributed by atoms with E-state index in [2.05, 4.69) is 11.2 Å². The average molecular weight is 265 g/mol. The number of unbranched alkanes of at least 4 members (excludes halogenated alkanes) is 1. The Hall–Kier alpha value is -1.57. The second kappa shape index (κ2) is 9.37. The lowest BCUT2D eigenvalue weighted by atomic mass is 10.2. The van der Waals surface area contributed by atoms with Crippen molar-refractivity contribution in [3.63, 3.8) is 0 Å². The molecule has 1 N–H and O–H groups in total. The summed E-state index contributed by atoms with van der Waals surface area (Å²) in [5.41, 5.74) is 0.803. The number of terminal acetylenes is 1. The van der Waals surface area contributed by atoms with Gasteiger partial charge in [0.25, 0.3) is 0 Å². The van der Waals surface area contributed by atoms with Crippen LogP contribution in [-0.2, 0) is 11.3 Å². The predicted molar refractivity (Wildman–Crippen MR) is 73.5 cm³/mol. The third-order valence-electron chi connectivity index (χ3n) is 2.56. The van der Waals surface area contributed by atoms with Gasteiger partial charge in [0.15, 0.2) is 11.6 Å². The Bertz CT molecular complexity index is 415. The maximum Gasteiger partial charge on any atom is 0.165 e. The summed E-state index contributed by atoms with van der Waals surface area (Å²) >= 11 is 0. The molecule has 0 bridgehead atoms. The van der Waals surface area contributed by atoms with Gasteiger partial charge in [0, 0.05) is 32.2 Å². The van der Waals surface area contributed by atoms with Crippen LogP contribution in [0.25, 0.3) is 0 Å². The lowest BCUT2D eigenvalue weighted by molar-refractivity contribution is 0.199. The van der Waals surface area contributed by atoms with Gasteiger partial charge in [-0.15, -0.1) is 12.3 Å². The zero-order valence-corrected chi connectivity index (χ0v) is 11.2. The SMILES string of the molecule is C#CCCCOc1c(F)cccc1CNCCOC. The number of ether oxygens (including phenoxy) is 2. The molecule has 104 valence electrons. The summed E-state index contributed by atoms with van der Waals surface area (Å²) in [5, 5.41) is 3.17. The van der Waals surface area contributed by atoms with Gasteiger partial charge in [-0.1, -0.05) is 12.1 Å². The molecule has 0 fully saturated rings. The first-order valence-corrected chi connectivity index (χ1v) is 6.33. The molecular weight excluding hydrogens is 245 g/mol. The van der Waals surface area contributed by atoms with Crippen LogP contribution in [0.5, 0.6) is 5.75 Å². The van der Waals surface area contributed by atoms with E-state index < -0.39 is 0 Å². The van der Waals surface area contributed by atoms with E-state index >= 15 is 0 Å². The molecule has 0 unspecified atom stereocenters. The molecule has 0 aliphatic carbocycles. The Morgan fingerprint density at radius 1 is 1.37 bits per heavy atom. The van der Waals surface area contributed by atoms with Gasteiger partial charge in [-0.05, 0) is 12.5 Å². The molecule has 1 aromatic carbocycles. The minimum Gasteiger partial charge on any atom is -0.490 e. The van der Waals surface area contributed by atoms with Crippen molar-refractivity contribution >= 4 is 0 Å². The molecule has 3 nitrogen and oxygen atoms in total. The van der Waals surface area contributed by atoms with Crippen molar-refractivity contribution in [3.8, 4) is 18.1 Å². The van der Waals surface area contributed by atoms with Crippen LogP contribution in [0.3, 0.4) is 0 Å². The molecule has 0 saturated heterocycles. The lowest BCUT2D eigenvalue weighted by Crippen LogP contribution is -2.19. The van der Waals surface area contributed by atoms with Gasteiger partial charge < -0.3 is 14.8 Å². The van der Waals surface area contributed by atoms with Gasteiger partial charge in [-0.3, -0.25) is 0 Å². The number of benzene rings is 1. The summed E-state index contributed by atoms with van der Waals surface area (Å²) in [6.07, 6.45) is 6.52. The van der Waals surface area contributed by atoms with Crippen molar-refractivity contribution in [1.29, 1.82) is 0 Å². The number of para-hydroxylation sites is 1. The lowest BCUT2D eigenvalue weighted by Gasteiger charge is -2.12. The molecule has 19 heavy (non-hydrogen) atoms. The fraction of sp³-hybridized carbons (Fsp3) is 0.467. The highest BCUT2D eigenvalue weighted by atomic mass is 19.1. The number of halogens is 1. The smallest absolute Gasteiger partial charge is 0.165 e. The fourth-order valence-electron chi connectivity index (χ4n) is 1.60. The summed E-state index contributed by atoms with van der Waals surface area (Å²) < 4.78 is 24.1. The van der Waals surface area contributed by atoms with Crippen molar-refractivity contribution in [2.45, 2.75) is 19.4 Å². The van der Waals surface area contributed by atoms with Gasteiger partial charge in [-0.25, -0.2) is 4.39 Å². The highest BCUT2D eigenvalue weighted by molar-refractivity contribution is 5.34. The number of hydrogen-bond acceptors (Lipinski definition) is 3. The fourth-order valence-corrected chi connectivity index (χ4v) is 1.60. The van der Waals surface area contributed by atoms with E-state index in [9.17, 15) is 4.39 Å². The second-order valence-corrected chi connectivity index (χ2v) is 4.05. The summed E-state index contributed by atoms with van der Waals surface area (Å²) in [6, 6.07) is 4.92. The van der Waals surface area contributed by atoms with Gasteiger partial charge in [0.2, 0.25) is 0 Å². The first-order valence-electron chi connectivity index (χ1n) is 6.33. The molecule has 0 spiro atoms. The molecule has 0 saturated carbocycles. The summed E-state index contributed by atoms with van der Waals surface area (Å²) in [6.45, 7) is 2.30. The first kappa shape index (κ1) is 15.5. The molecule has 0 aliphatic heterocycles. The monoisotopic (exact) mass is 265 g/mol.